The first kappa shape index (κ1) is 18.4. The summed E-state index contributed by atoms with van der Waals surface area (Å²) in [5.41, 5.74) is 0.632. The summed E-state index contributed by atoms with van der Waals surface area (Å²) in [6.45, 7) is 3.85. The van der Waals surface area contributed by atoms with Crippen molar-refractivity contribution in [2.24, 2.45) is 0 Å². The van der Waals surface area contributed by atoms with Crippen LogP contribution in [0.15, 0.2) is 29.2 Å². The van der Waals surface area contributed by atoms with Crippen molar-refractivity contribution in [3.8, 4) is 0 Å². The lowest BCUT2D eigenvalue weighted by atomic mass is 10.2. The van der Waals surface area contributed by atoms with Gasteiger partial charge in [0.05, 0.1) is 23.4 Å². The summed E-state index contributed by atoms with van der Waals surface area (Å²) < 4.78 is 53.2. The van der Waals surface area contributed by atoms with Gasteiger partial charge in [-0.1, -0.05) is 12.1 Å². The van der Waals surface area contributed by atoms with Crippen molar-refractivity contribution in [3.05, 3.63) is 29.8 Å². The fraction of sp³-hybridized carbons (Fsp3) is 0.500. The van der Waals surface area contributed by atoms with Gasteiger partial charge in [-0.2, -0.15) is 0 Å². The number of nitrogens with one attached hydrogen (secondary N) is 1. The van der Waals surface area contributed by atoms with Gasteiger partial charge in [0.15, 0.2) is 0 Å². The van der Waals surface area contributed by atoms with Crippen molar-refractivity contribution >= 4 is 29.8 Å². The van der Waals surface area contributed by atoms with Gasteiger partial charge in [-0.25, -0.2) is 21.6 Å². The SMILES string of the molecule is CC(C)OCCS(=O)(=O)NCc1ccc(S(=O)(=O)Cl)cc1. The molecule has 0 unspecified atom stereocenters. The molecule has 0 aliphatic carbocycles. The van der Waals surface area contributed by atoms with E-state index < -0.39 is 19.1 Å². The molecule has 1 aromatic carbocycles. The largest absolute Gasteiger partial charge is 0.378 e. The molecule has 1 N–H and O–H groups in total. The predicted molar refractivity (Wildman–Crippen MR) is 81.2 cm³/mol. The highest BCUT2D eigenvalue weighted by Gasteiger charge is 2.12. The maximum absolute atomic E-state index is 11.7. The molecule has 0 aromatic heterocycles. The van der Waals surface area contributed by atoms with E-state index in [0.717, 1.165) is 0 Å². The Hall–Kier alpha value is -0.670. The van der Waals surface area contributed by atoms with Crippen LogP contribution < -0.4 is 4.72 Å². The lowest BCUT2D eigenvalue weighted by molar-refractivity contribution is 0.0911. The number of hydrogen-bond donors (Lipinski definition) is 1. The normalized spacial score (nSPS) is 12.8. The van der Waals surface area contributed by atoms with Crippen LogP contribution in [0.3, 0.4) is 0 Å². The molecule has 0 heterocycles. The summed E-state index contributed by atoms with van der Waals surface area (Å²) in [7, 11) is -2.01. The molecule has 0 spiro atoms. The van der Waals surface area contributed by atoms with E-state index in [0.29, 0.717) is 5.56 Å². The fourth-order valence-electron chi connectivity index (χ4n) is 1.43. The molecule has 120 valence electrons. The number of sulfonamides is 1. The summed E-state index contributed by atoms with van der Waals surface area (Å²) in [4.78, 5) is -0.0268. The van der Waals surface area contributed by atoms with Crippen molar-refractivity contribution in [2.45, 2.75) is 31.4 Å². The van der Waals surface area contributed by atoms with E-state index in [1.54, 1.807) is 0 Å². The van der Waals surface area contributed by atoms with Crippen LogP contribution in [0.2, 0.25) is 0 Å². The Morgan fingerprint density at radius 3 is 2.19 bits per heavy atom. The Balaban J connectivity index is 2.55. The third-order valence-electron chi connectivity index (χ3n) is 2.50. The number of benzene rings is 1. The zero-order chi connectivity index (χ0) is 16.1. The highest BCUT2D eigenvalue weighted by molar-refractivity contribution is 8.13. The van der Waals surface area contributed by atoms with Gasteiger partial charge in [-0.15, -0.1) is 0 Å². The van der Waals surface area contributed by atoms with Gasteiger partial charge in [0, 0.05) is 17.2 Å². The molecular weight excluding hydrogens is 338 g/mol. The topological polar surface area (TPSA) is 89.5 Å². The zero-order valence-electron chi connectivity index (χ0n) is 11.7. The van der Waals surface area contributed by atoms with Crippen LogP contribution >= 0.6 is 10.7 Å². The molecular formula is C12H18ClNO5S2. The highest BCUT2D eigenvalue weighted by atomic mass is 35.7. The van der Waals surface area contributed by atoms with Crippen molar-refractivity contribution in [1.82, 2.24) is 4.72 Å². The summed E-state index contributed by atoms with van der Waals surface area (Å²) in [6, 6.07) is 5.66. The highest BCUT2D eigenvalue weighted by Crippen LogP contribution is 2.15. The number of halogens is 1. The second-order valence-corrected chi connectivity index (χ2v) is 9.13. The first-order valence-electron chi connectivity index (χ1n) is 6.23. The second kappa shape index (κ2) is 7.55. The molecule has 0 aliphatic rings. The third kappa shape index (κ3) is 7.23. The minimum Gasteiger partial charge on any atom is -0.378 e. The van der Waals surface area contributed by atoms with Gasteiger partial charge in [-0.3, -0.25) is 0 Å². The Labute approximate surface area is 129 Å². The Bertz CT molecular complexity index is 653. The average Bonchev–Trinajstić information content (AvgIpc) is 2.35. The molecule has 0 fully saturated rings. The molecule has 6 nitrogen and oxygen atoms in total. The average molecular weight is 356 g/mol. The lowest BCUT2D eigenvalue weighted by Crippen LogP contribution is -2.28. The first-order valence-corrected chi connectivity index (χ1v) is 10.2. The summed E-state index contributed by atoms with van der Waals surface area (Å²) in [6.07, 6.45) is -0.0229. The molecule has 0 bridgehead atoms. The van der Waals surface area contributed by atoms with Gasteiger partial charge < -0.3 is 4.74 Å². The van der Waals surface area contributed by atoms with E-state index in [4.69, 9.17) is 15.4 Å². The van der Waals surface area contributed by atoms with Crippen LogP contribution in [0.25, 0.3) is 0 Å². The Kier molecular flexibility index (Phi) is 6.61. The van der Waals surface area contributed by atoms with Gasteiger partial charge in [-0.05, 0) is 31.5 Å². The van der Waals surface area contributed by atoms with Crippen LogP contribution in [-0.2, 0) is 30.4 Å². The van der Waals surface area contributed by atoms with Crippen LogP contribution in [0.5, 0.6) is 0 Å². The Morgan fingerprint density at radius 2 is 1.71 bits per heavy atom. The van der Waals surface area contributed by atoms with Crippen LogP contribution in [0.1, 0.15) is 19.4 Å². The molecule has 0 amide bonds. The molecule has 1 rings (SSSR count). The Morgan fingerprint density at radius 1 is 1.14 bits per heavy atom. The van der Waals surface area contributed by atoms with E-state index in [-0.39, 0.29) is 29.9 Å². The summed E-state index contributed by atoms with van der Waals surface area (Å²) >= 11 is 0. The second-order valence-electron chi connectivity index (χ2n) is 4.64. The van der Waals surface area contributed by atoms with Crippen LogP contribution in [0, 0.1) is 0 Å². The quantitative estimate of drug-likeness (QED) is 0.713. The van der Waals surface area contributed by atoms with Crippen molar-refractivity contribution < 1.29 is 21.6 Å². The molecule has 0 saturated heterocycles. The van der Waals surface area contributed by atoms with Crippen molar-refractivity contribution in [2.75, 3.05) is 12.4 Å². The molecule has 9 heteroatoms. The van der Waals surface area contributed by atoms with E-state index >= 15 is 0 Å². The van der Waals surface area contributed by atoms with E-state index in [1.807, 2.05) is 13.8 Å². The predicted octanol–water partition coefficient (Wildman–Crippen LogP) is 1.46. The zero-order valence-corrected chi connectivity index (χ0v) is 14.1. The van der Waals surface area contributed by atoms with Crippen LogP contribution in [0.4, 0.5) is 0 Å². The van der Waals surface area contributed by atoms with Gasteiger partial charge in [0.2, 0.25) is 10.0 Å². The van der Waals surface area contributed by atoms with E-state index in [1.165, 1.54) is 24.3 Å². The standard InChI is InChI=1S/C12H18ClNO5S2/c1-10(2)19-7-8-20(15,16)14-9-11-3-5-12(6-4-11)21(13,17)18/h3-6,10,14H,7-9H2,1-2H3. The fourth-order valence-corrected chi connectivity index (χ4v) is 3.05. The minimum absolute atomic E-state index is 0.0229. The van der Waals surface area contributed by atoms with Crippen molar-refractivity contribution in [3.63, 3.8) is 0 Å². The first-order chi connectivity index (χ1) is 9.60. The minimum atomic E-state index is -3.77. The molecule has 0 radical (unpaired) electrons. The van der Waals surface area contributed by atoms with E-state index in [2.05, 4.69) is 4.72 Å². The van der Waals surface area contributed by atoms with Gasteiger partial charge >= 0.3 is 0 Å². The number of rotatable bonds is 8. The van der Waals surface area contributed by atoms with Crippen molar-refractivity contribution in [1.29, 1.82) is 0 Å². The molecule has 0 aliphatic heterocycles. The maximum Gasteiger partial charge on any atom is 0.261 e. The summed E-state index contributed by atoms with van der Waals surface area (Å²) in [5, 5.41) is 0. The van der Waals surface area contributed by atoms with Gasteiger partial charge in [0.25, 0.3) is 9.05 Å². The molecule has 0 atom stereocenters. The van der Waals surface area contributed by atoms with Gasteiger partial charge in [0.1, 0.15) is 0 Å². The molecule has 0 saturated carbocycles. The molecule has 21 heavy (non-hydrogen) atoms. The number of ether oxygens (including phenoxy) is 1. The summed E-state index contributed by atoms with van der Waals surface area (Å²) in [5.74, 6) is -0.126. The monoisotopic (exact) mass is 355 g/mol. The third-order valence-corrected chi connectivity index (χ3v) is 5.16. The van der Waals surface area contributed by atoms with E-state index in [9.17, 15) is 16.8 Å². The molecule has 1 aromatic rings. The maximum atomic E-state index is 11.7. The smallest absolute Gasteiger partial charge is 0.261 e. The lowest BCUT2D eigenvalue weighted by Gasteiger charge is -2.09. The number of hydrogen-bond acceptors (Lipinski definition) is 5. The van der Waals surface area contributed by atoms with Crippen LogP contribution in [-0.4, -0.2) is 35.3 Å².